The van der Waals surface area contributed by atoms with Gasteiger partial charge in [0, 0.05) is 31.2 Å². The largest absolute Gasteiger partial charge is 0.371 e. The summed E-state index contributed by atoms with van der Waals surface area (Å²) in [6, 6.07) is 8.75. The number of benzene rings is 1. The molecule has 1 aromatic rings. The standard InChI is InChI=1S/C16H25N3O/c1-13-5-2-3-6-15(13)19(11-4-10-17)12-9-16(20)18-14-7-8-14/h2-3,5-6,14H,4,7-12,17H2,1H3,(H,18,20). The summed E-state index contributed by atoms with van der Waals surface area (Å²) in [5.74, 6) is 0.166. The lowest BCUT2D eigenvalue weighted by Crippen LogP contribution is -2.33. The summed E-state index contributed by atoms with van der Waals surface area (Å²) < 4.78 is 0. The predicted octanol–water partition coefficient (Wildman–Crippen LogP) is 1.82. The first-order valence-corrected chi connectivity index (χ1v) is 7.50. The summed E-state index contributed by atoms with van der Waals surface area (Å²) in [6.45, 7) is 4.44. The van der Waals surface area contributed by atoms with Gasteiger partial charge in [0.2, 0.25) is 5.91 Å². The first-order valence-electron chi connectivity index (χ1n) is 7.50. The lowest BCUT2D eigenvalue weighted by atomic mass is 10.1. The van der Waals surface area contributed by atoms with Crippen LogP contribution in [0.4, 0.5) is 5.69 Å². The second-order valence-electron chi connectivity index (χ2n) is 5.51. The van der Waals surface area contributed by atoms with Crippen molar-refractivity contribution in [3.63, 3.8) is 0 Å². The molecule has 0 heterocycles. The molecule has 0 aliphatic heterocycles. The van der Waals surface area contributed by atoms with Crippen LogP contribution in [0.25, 0.3) is 0 Å². The Balaban J connectivity index is 1.92. The number of nitrogens with two attached hydrogens (primary N) is 1. The first-order chi connectivity index (χ1) is 9.70. The second kappa shape index (κ2) is 7.29. The first kappa shape index (κ1) is 14.9. The molecule has 3 N–H and O–H groups in total. The molecule has 1 aliphatic carbocycles. The molecule has 1 aliphatic rings. The summed E-state index contributed by atoms with van der Waals surface area (Å²) in [7, 11) is 0. The van der Waals surface area contributed by atoms with Gasteiger partial charge in [-0.05, 0) is 44.4 Å². The minimum absolute atomic E-state index is 0.166. The van der Waals surface area contributed by atoms with E-state index in [1.807, 2.05) is 12.1 Å². The molecule has 0 radical (unpaired) electrons. The number of carbonyl (C=O) groups excluding carboxylic acids is 1. The number of nitrogens with one attached hydrogen (secondary N) is 1. The number of anilines is 1. The molecule has 4 nitrogen and oxygen atoms in total. The van der Waals surface area contributed by atoms with Crippen LogP contribution in [0.1, 0.15) is 31.2 Å². The third kappa shape index (κ3) is 4.53. The number of carbonyl (C=O) groups is 1. The molecular weight excluding hydrogens is 250 g/mol. The molecule has 0 unspecified atom stereocenters. The van der Waals surface area contributed by atoms with Crippen LogP contribution in [0.5, 0.6) is 0 Å². The van der Waals surface area contributed by atoms with E-state index < -0.39 is 0 Å². The molecule has 1 saturated carbocycles. The molecular formula is C16H25N3O. The molecule has 110 valence electrons. The van der Waals surface area contributed by atoms with Crippen molar-refractivity contribution in [2.45, 2.75) is 38.6 Å². The molecule has 1 fully saturated rings. The van der Waals surface area contributed by atoms with E-state index >= 15 is 0 Å². The number of para-hydroxylation sites is 1. The molecule has 2 rings (SSSR count). The number of hydrogen-bond donors (Lipinski definition) is 2. The number of hydrogen-bond acceptors (Lipinski definition) is 3. The van der Waals surface area contributed by atoms with Crippen molar-refractivity contribution in [1.82, 2.24) is 5.32 Å². The highest BCUT2D eigenvalue weighted by atomic mass is 16.1. The maximum absolute atomic E-state index is 11.8. The van der Waals surface area contributed by atoms with E-state index in [4.69, 9.17) is 5.73 Å². The molecule has 1 amide bonds. The number of rotatable bonds is 8. The van der Waals surface area contributed by atoms with Gasteiger partial charge in [0.25, 0.3) is 0 Å². The highest BCUT2D eigenvalue weighted by Gasteiger charge is 2.23. The SMILES string of the molecule is Cc1ccccc1N(CCCN)CCC(=O)NC1CC1. The van der Waals surface area contributed by atoms with Crippen LogP contribution >= 0.6 is 0 Å². The average molecular weight is 275 g/mol. The van der Waals surface area contributed by atoms with Gasteiger partial charge in [0.05, 0.1) is 0 Å². The van der Waals surface area contributed by atoms with Crippen molar-refractivity contribution in [3.05, 3.63) is 29.8 Å². The summed E-state index contributed by atoms with van der Waals surface area (Å²) in [5, 5.41) is 3.04. The number of nitrogens with zero attached hydrogens (tertiary/aromatic N) is 1. The Morgan fingerprint density at radius 2 is 2.10 bits per heavy atom. The van der Waals surface area contributed by atoms with Gasteiger partial charge in [0.15, 0.2) is 0 Å². The van der Waals surface area contributed by atoms with Crippen LogP contribution in [0, 0.1) is 6.92 Å². The normalized spacial score (nSPS) is 14.1. The zero-order valence-electron chi connectivity index (χ0n) is 12.3. The van der Waals surface area contributed by atoms with Crippen LogP contribution in [0.3, 0.4) is 0 Å². The van der Waals surface area contributed by atoms with E-state index in [2.05, 4.69) is 29.3 Å². The van der Waals surface area contributed by atoms with Crippen molar-refractivity contribution in [1.29, 1.82) is 0 Å². The molecule has 0 saturated heterocycles. The van der Waals surface area contributed by atoms with Gasteiger partial charge in [0.1, 0.15) is 0 Å². The summed E-state index contributed by atoms with van der Waals surface area (Å²) in [4.78, 5) is 14.1. The van der Waals surface area contributed by atoms with Crippen LogP contribution in [-0.4, -0.2) is 31.6 Å². The highest BCUT2D eigenvalue weighted by Crippen LogP contribution is 2.21. The van der Waals surface area contributed by atoms with Crippen molar-refractivity contribution in [2.75, 3.05) is 24.5 Å². The third-order valence-corrected chi connectivity index (χ3v) is 3.64. The van der Waals surface area contributed by atoms with Gasteiger partial charge in [-0.3, -0.25) is 4.79 Å². The Kier molecular flexibility index (Phi) is 5.41. The van der Waals surface area contributed by atoms with Crippen LogP contribution < -0.4 is 16.0 Å². The molecule has 1 aromatic carbocycles. The summed E-state index contributed by atoms with van der Waals surface area (Å²) >= 11 is 0. The zero-order valence-corrected chi connectivity index (χ0v) is 12.3. The van der Waals surface area contributed by atoms with Gasteiger partial charge in [-0.2, -0.15) is 0 Å². The number of aryl methyl sites for hydroxylation is 1. The van der Waals surface area contributed by atoms with Gasteiger partial charge < -0.3 is 16.0 Å². The van der Waals surface area contributed by atoms with Crippen molar-refractivity contribution in [2.24, 2.45) is 5.73 Å². The van der Waals surface area contributed by atoms with Crippen LogP contribution in [-0.2, 0) is 4.79 Å². The molecule has 0 spiro atoms. The summed E-state index contributed by atoms with van der Waals surface area (Å²) in [5.41, 5.74) is 8.07. The zero-order chi connectivity index (χ0) is 14.4. The van der Waals surface area contributed by atoms with Gasteiger partial charge in [-0.15, -0.1) is 0 Å². The highest BCUT2D eigenvalue weighted by molar-refractivity contribution is 5.77. The van der Waals surface area contributed by atoms with E-state index in [0.29, 0.717) is 19.0 Å². The van der Waals surface area contributed by atoms with Crippen LogP contribution in [0.2, 0.25) is 0 Å². The van der Waals surface area contributed by atoms with E-state index in [1.165, 1.54) is 11.3 Å². The Morgan fingerprint density at radius 3 is 2.75 bits per heavy atom. The quantitative estimate of drug-likeness (QED) is 0.761. The smallest absolute Gasteiger partial charge is 0.221 e. The molecule has 0 bridgehead atoms. The van der Waals surface area contributed by atoms with Gasteiger partial charge in [-0.25, -0.2) is 0 Å². The van der Waals surface area contributed by atoms with Crippen molar-refractivity contribution < 1.29 is 4.79 Å². The van der Waals surface area contributed by atoms with E-state index in [1.54, 1.807) is 0 Å². The third-order valence-electron chi connectivity index (χ3n) is 3.64. The second-order valence-corrected chi connectivity index (χ2v) is 5.51. The maximum Gasteiger partial charge on any atom is 0.221 e. The minimum Gasteiger partial charge on any atom is -0.371 e. The van der Waals surface area contributed by atoms with Gasteiger partial charge in [-0.1, -0.05) is 18.2 Å². The fourth-order valence-corrected chi connectivity index (χ4v) is 2.32. The van der Waals surface area contributed by atoms with E-state index in [-0.39, 0.29) is 5.91 Å². The average Bonchev–Trinajstić information content (AvgIpc) is 3.24. The van der Waals surface area contributed by atoms with Crippen molar-refractivity contribution in [3.8, 4) is 0 Å². The Labute approximate surface area is 121 Å². The molecule has 4 heteroatoms. The molecule has 0 atom stereocenters. The van der Waals surface area contributed by atoms with E-state index in [9.17, 15) is 4.79 Å². The Bertz CT molecular complexity index is 443. The monoisotopic (exact) mass is 275 g/mol. The topological polar surface area (TPSA) is 58.4 Å². The summed E-state index contributed by atoms with van der Waals surface area (Å²) in [6.07, 6.45) is 3.77. The molecule has 0 aromatic heterocycles. The van der Waals surface area contributed by atoms with Gasteiger partial charge >= 0.3 is 0 Å². The minimum atomic E-state index is 0.166. The maximum atomic E-state index is 11.8. The van der Waals surface area contributed by atoms with Crippen molar-refractivity contribution >= 4 is 11.6 Å². The Morgan fingerprint density at radius 1 is 1.35 bits per heavy atom. The van der Waals surface area contributed by atoms with E-state index in [0.717, 1.165) is 32.4 Å². The fraction of sp³-hybridized carbons (Fsp3) is 0.562. The lowest BCUT2D eigenvalue weighted by Gasteiger charge is -2.26. The van der Waals surface area contributed by atoms with Crippen LogP contribution in [0.15, 0.2) is 24.3 Å². The lowest BCUT2D eigenvalue weighted by molar-refractivity contribution is -0.121. The molecule has 20 heavy (non-hydrogen) atoms. The Hall–Kier alpha value is -1.55. The number of amides is 1. The fourth-order valence-electron chi connectivity index (χ4n) is 2.32. The predicted molar refractivity (Wildman–Crippen MR) is 82.8 cm³/mol.